The lowest BCUT2D eigenvalue weighted by Crippen LogP contribution is -2.09. The van der Waals surface area contributed by atoms with Crippen molar-refractivity contribution in [2.45, 2.75) is 38.0 Å². The molecule has 0 atom stereocenters. The number of carbonyl (C=O) groups is 1. The van der Waals surface area contributed by atoms with E-state index in [-0.39, 0.29) is 12.2 Å². The van der Waals surface area contributed by atoms with Crippen LogP contribution in [0.4, 0.5) is 13.2 Å². The van der Waals surface area contributed by atoms with E-state index in [1.54, 1.807) is 12.1 Å². The Kier molecular flexibility index (Phi) is 7.52. The van der Waals surface area contributed by atoms with Gasteiger partial charge in [-0.3, -0.25) is 4.79 Å². The van der Waals surface area contributed by atoms with Gasteiger partial charge < -0.3 is 15.5 Å². The number of nitrogens with two attached hydrogens (primary N) is 1. The molecular weight excluding hydrogens is 393 g/mol. The minimum atomic E-state index is -0.594. The lowest BCUT2D eigenvalue weighted by atomic mass is 9.78. The van der Waals surface area contributed by atoms with Gasteiger partial charge in [0, 0.05) is 24.7 Å². The number of amides is 1. The summed E-state index contributed by atoms with van der Waals surface area (Å²) in [6.45, 7) is 2.00. The Morgan fingerprint density at radius 3 is 2.10 bits per heavy atom. The third-order valence-electron chi connectivity index (χ3n) is 5.34. The zero-order valence-electron chi connectivity index (χ0n) is 16.6. The molecule has 2 fully saturated rings. The largest absolute Gasteiger partial charge is 0.381 e. The van der Waals surface area contributed by atoms with Gasteiger partial charge in [0.05, 0.1) is 11.2 Å². The van der Waals surface area contributed by atoms with Crippen LogP contribution in [0.5, 0.6) is 0 Å². The van der Waals surface area contributed by atoms with Gasteiger partial charge in [-0.2, -0.15) is 0 Å². The number of ether oxygens (including phenoxy) is 1. The van der Waals surface area contributed by atoms with E-state index < -0.39 is 11.6 Å². The summed E-state index contributed by atoms with van der Waals surface area (Å²) < 4.78 is 45.8. The number of H-pyrrole nitrogens is 1. The van der Waals surface area contributed by atoms with Crippen LogP contribution in [0, 0.1) is 17.5 Å². The fourth-order valence-electron chi connectivity index (χ4n) is 3.72. The number of aromatic amines is 1. The summed E-state index contributed by atoms with van der Waals surface area (Å²) >= 11 is 0. The van der Waals surface area contributed by atoms with Gasteiger partial charge >= 0.3 is 0 Å². The first kappa shape index (κ1) is 21.9. The van der Waals surface area contributed by atoms with E-state index in [2.05, 4.69) is 10.7 Å². The average Bonchev–Trinajstić information content (AvgIpc) is 3.35. The molecule has 1 aliphatic carbocycles. The highest BCUT2D eigenvalue weighted by Crippen LogP contribution is 2.45. The van der Waals surface area contributed by atoms with Crippen LogP contribution >= 0.6 is 0 Å². The molecule has 1 amide bonds. The lowest BCUT2D eigenvalue weighted by Gasteiger charge is -2.26. The second-order valence-corrected chi connectivity index (χ2v) is 7.31. The van der Waals surface area contributed by atoms with E-state index in [0.29, 0.717) is 16.8 Å². The summed E-state index contributed by atoms with van der Waals surface area (Å²) in [6.07, 6.45) is 5.95. The smallest absolute Gasteiger partial charge is 0.204 e. The van der Waals surface area contributed by atoms with E-state index in [1.807, 2.05) is 0 Å². The SMILES string of the molecule is C1CCOC1.Fc1ccc(-c2[nH]c3c(F)cc(F)cc3c2C2CCC2)cc1.NC=O. The van der Waals surface area contributed by atoms with Crippen molar-refractivity contribution in [3.63, 3.8) is 0 Å². The molecule has 2 aromatic carbocycles. The van der Waals surface area contributed by atoms with Crippen LogP contribution in [-0.4, -0.2) is 24.6 Å². The van der Waals surface area contributed by atoms with Gasteiger partial charge in [-0.15, -0.1) is 0 Å². The molecule has 0 unspecified atom stereocenters. The highest BCUT2D eigenvalue weighted by molar-refractivity contribution is 5.92. The second-order valence-electron chi connectivity index (χ2n) is 7.31. The van der Waals surface area contributed by atoms with Gasteiger partial charge in [0.1, 0.15) is 17.5 Å². The van der Waals surface area contributed by atoms with Crippen molar-refractivity contribution in [2.24, 2.45) is 5.73 Å². The Morgan fingerprint density at radius 2 is 1.60 bits per heavy atom. The van der Waals surface area contributed by atoms with E-state index >= 15 is 0 Å². The maximum atomic E-state index is 14.1. The highest BCUT2D eigenvalue weighted by Gasteiger charge is 2.27. The van der Waals surface area contributed by atoms with E-state index in [0.717, 1.165) is 55.4 Å². The normalized spacial score (nSPS) is 15.6. The van der Waals surface area contributed by atoms with Crippen molar-refractivity contribution in [1.82, 2.24) is 4.98 Å². The molecule has 1 saturated carbocycles. The third-order valence-corrected chi connectivity index (χ3v) is 5.34. The maximum absolute atomic E-state index is 14.1. The second kappa shape index (κ2) is 10.3. The number of carbonyl (C=O) groups excluding carboxylic acids is 1. The molecule has 1 aliphatic heterocycles. The summed E-state index contributed by atoms with van der Waals surface area (Å²) in [4.78, 5) is 11.7. The number of hydrogen-bond acceptors (Lipinski definition) is 2. The van der Waals surface area contributed by atoms with Crippen molar-refractivity contribution in [2.75, 3.05) is 13.2 Å². The molecule has 3 N–H and O–H groups in total. The van der Waals surface area contributed by atoms with Crippen molar-refractivity contribution in [3.05, 3.63) is 59.4 Å². The monoisotopic (exact) mass is 418 g/mol. The fourth-order valence-corrected chi connectivity index (χ4v) is 3.72. The van der Waals surface area contributed by atoms with Crippen molar-refractivity contribution >= 4 is 17.3 Å². The summed E-state index contributed by atoms with van der Waals surface area (Å²) in [6, 6.07) is 8.35. The molecule has 3 aromatic rings. The molecule has 0 radical (unpaired) electrons. The fraction of sp³-hybridized carbons (Fsp3) is 0.348. The molecular formula is C23H25F3N2O2. The van der Waals surface area contributed by atoms with Crippen molar-refractivity contribution in [3.8, 4) is 11.3 Å². The van der Waals surface area contributed by atoms with Gasteiger partial charge in [-0.1, -0.05) is 6.42 Å². The average molecular weight is 418 g/mol. The van der Waals surface area contributed by atoms with Crippen LogP contribution in [0.15, 0.2) is 36.4 Å². The van der Waals surface area contributed by atoms with Gasteiger partial charge in [0.2, 0.25) is 6.41 Å². The first-order chi connectivity index (χ1) is 14.5. The Bertz CT molecular complexity index is 971. The van der Waals surface area contributed by atoms with Crippen LogP contribution in [0.25, 0.3) is 22.2 Å². The standard InChI is InChI=1S/C18H14F3N.C4H8O.CH3NO/c19-12-6-4-11(5-7-12)17-16(10-2-1-3-10)14-8-13(20)9-15(21)18(14)22-17;1-2-4-5-3-1;2-1-3/h4-10,22H,1-3H2;1-4H2;1H,(H2,2,3). The summed E-state index contributed by atoms with van der Waals surface area (Å²) in [5.74, 6) is -1.18. The number of nitrogens with one attached hydrogen (secondary N) is 1. The number of primary amides is 1. The van der Waals surface area contributed by atoms with Crippen molar-refractivity contribution < 1.29 is 22.7 Å². The van der Waals surface area contributed by atoms with Gasteiger partial charge in [-0.25, -0.2) is 13.2 Å². The molecule has 160 valence electrons. The summed E-state index contributed by atoms with van der Waals surface area (Å²) in [5.41, 5.74) is 7.00. The van der Waals surface area contributed by atoms with Crippen LogP contribution in [0.3, 0.4) is 0 Å². The molecule has 4 nitrogen and oxygen atoms in total. The molecule has 2 aliphatic rings. The molecule has 30 heavy (non-hydrogen) atoms. The Morgan fingerprint density at radius 1 is 0.967 bits per heavy atom. The Balaban J connectivity index is 0.000000272. The van der Waals surface area contributed by atoms with E-state index in [1.165, 1.54) is 31.0 Å². The number of aromatic nitrogens is 1. The quantitative estimate of drug-likeness (QED) is 0.546. The van der Waals surface area contributed by atoms with Gasteiger partial charge in [0.15, 0.2) is 0 Å². The van der Waals surface area contributed by atoms with Crippen LogP contribution in [-0.2, 0) is 9.53 Å². The molecule has 2 heterocycles. The zero-order chi connectivity index (χ0) is 21.5. The first-order valence-corrected chi connectivity index (χ1v) is 10.0. The third kappa shape index (κ3) is 5.02. The molecule has 7 heteroatoms. The molecule has 1 aromatic heterocycles. The zero-order valence-corrected chi connectivity index (χ0v) is 16.6. The van der Waals surface area contributed by atoms with Gasteiger partial charge in [-0.05, 0) is 73.1 Å². The molecule has 5 rings (SSSR count). The molecule has 0 spiro atoms. The molecule has 1 saturated heterocycles. The van der Waals surface area contributed by atoms with Crippen LogP contribution in [0.2, 0.25) is 0 Å². The number of hydrogen-bond donors (Lipinski definition) is 2. The van der Waals surface area contributed by atoms with E-state index in [4.69, 9.17) is 9.53 Å². The molecule has 0 bridgehead atoms. The summed E-state index contributed by atoms with van der Waals surface area (Å²) in [5, 5.41) is 0.599. The first-order valence-electron chi connectivity index (χ1n) is 10.0. The minimum Gasteiger partial charge on any atom is -0.381 e. The van der Waals surface area contributed by atoms with Crippen LogP contribution < -0.4 is 5.73 Å². The number of fused-ring (bicyclic) bond motifs is 1. The topological polar surface area (TPSA) is 68.1 Å². The highest BCUT2D eigenvalue weighted by atomic mass is 19.1. The maximum Gasteiger partial charge on any atom is 0.204 e. The van der Waals surface area contributed by atoms with Gasteiger partial charge in [0.25, 0.3) is 0 Å². The van der Waals surface area contributed by atoms with Crippen LogP contribution in [0.1, 0.15) is 43.6 Å². The summed E-state index contributed by atoms with van der Waals surface area (Å²) in [7, 11) is 0. The predicted molar refractivity (Wildman–Crippen MR) is 111 cm³/mol. The minimum absolute atomic E-state index is 0.250. The predicted octanol–water partition coefficient (Wildman–Crippen LogP) is 5.42. The Hall–Kier alpha value is -2.80. The Labute approximate surface area is 173 Å². The lowest BCUT2D eigenvalue weighted by molar-refractivity contribution is -0.106. The van der Waals surface area contributed by atoms with E-state index in [9.17, 15) is 13.2 Å². The number of rotatable bonds is 2. The number of benzene rings is 2. The number of halogens is 3. The van der Waals surface area contributed by atoms with Crippen molar-refractivity contribution in [1.29, 1.82) is 0 Å².